The lowest BCUT2D eigenvalue weighted by Crippen LogP contribution is -2.29. The van der Waals surface area contributed by atoms with Gasteiger partial charge in [0, 0.05) is 17.7 Å². The van der Waals surface area contributed by atoms with Crippen LogP contribution in [0.3, 0.4) is 0 Å². The van der Waals surface area contributed by atoms with Gasteiger partial charge in [-0.05, 0) is 36.8 Å². The molecule has 1 aromatic heterocycles. The van der Waals surface area contributed by atoms with E-state index in [0.29, 0.717) is 5.75 Å². The molecule has 1 amide bonds. The number of anilines is 1. The highest BCUT2D eigenvalue weighted by molar-refractivity contribution is 7.17. The van der Waals surface area contributed by atoms with E-state index < -0.39 is 34.4 Å². The highest BCUT2D eigenvalue weighted by atomic mass is 32.1. The van der Waals surface area contributed by atoms with Gasteiger partial charge in [-0.3, -0.25) is 24.6 Å². The van der Waals surface area contributed by atoms with Crippen LogP contribution in [0.1, 0.15) is 32.5 Å². The Hall–Kier alpha value is -4.58. The number of amides is 1. The maximum absolute atomic E-state index is 13.2. The summed E-state index contributed by atoms with van der Waals surface area (Å²) in [5.74, 6) is -2.65. The molecule has 4 rings (SSSR count). The zero-order valence-corrected chi connectivity index (χ0v) is 20.1. The van der Waals surface area contributed by atoms with Gasteiger partial charge in [0.25, 0.3) is 11.5 Å². The molecule has 1 aliphatic heterocycles. The molecular weight excluding hydrogens is 490 g/mol. The number of rotatable bonds is 6. The number of aryl methyl sites for hydroxylation is 1. The lowest BCUT2D eigenvalue weighted by Gasteiger charge is -2.22. The number of methoxy groups -OCH3 is 2. The predicted octanol–water partition coefficient (Wildman–Crippen LogP) is 3.78. The Morgan fingerprint density at radius 2 is 1.86 bits per heavy atom. The van der Waals surface area contributed by atoms with Gasteiger partial charge >= 0.3 is 11.9 Å². The molecule has 2 aromatic carbocycles. The standard InChI is InChI=1S/C24H19N3O8S/c1-12-21(23(31)35-3)36-24(25-12)26-18(14-5-4-6-15(11-14)27(32)33)17(20(29)22(26)30)19(28)13-7-9-16(34-2)10-8-13/h4-11,18,28H,1-3H3/t18-/m1/s1. The average Bonchev–Trinajstić information content (AvgIpc) is 3.39. The van der Waals surface area contributed by atoms with Gasteiger partial charge < -0.3 is 14.6 Å². The summed E-state index contributed by atoms with van der Waals surface area (Å²) in [7, 11) is 2.67. The molecular formula is C24H19N3O8S. The lowest BCUT2D eigenvalue weighted by atomic mass is 9.95. The average molecular weight is 509 g/mol. The number of aromatic nitrogens is 1. The zero-order chi connectivity index (χ0) is 26.1. The van der Waals surface area contributed by atoms with Crippen molar-refractivity contribution in [3.8, 4) is 5.75 Å². The summed E-state index contributed by atoms with van der Waals surface area (Å²) < 4.78 is 9.88. The second-order valence-electron chi connectivity index (χ2n) is 7.65. The smallest absolute Gasteiger partial charge is 0.350 e. The molecule has 2 heterocycles. The number of aliphatic hydroxyl groups excluding tert-OH is 1. The molecule has 36 heavy (non-hydrogen) atoms. The van der Waals surface area contributed by atoms with Crippen LogP contribution in [-0.4, -0.2) is 46.9 Å². The first-order valence-electron chi connectivity index (χ1n) is 10.4. The van der Waals surface area contributed by atoms with Gasteiger partial charge in [-0.2, -0.15) is 0 Å². The molecule has 1 aliphatic rings. The van der Waals surface area contributed by atoms with E-state index in [0.717, 1.165) is 16.2 Å². The van der Waals surface area contributed by atoms with E-state index in [2.05, 4.69) is 4.98 Å². The van der Waals surface area contributed by atoms with E-state index in [4.69, 9.17) is 9.47 Å². The van der Waals surface area contributed by atoms with Crippen LogP contribution in [0.4, 0.5) is 10.8 Å². The van der Waals surface area contributed by atoms with E-state index in [1.807, 2.05) is 0 Å². The Morgan fingerprint density at radius 1 is 1.17 bits per heavy atom. The van der Waals surface area contributed by atoms with Crippen LogP contribution in [0.15, 0.2) is 54.1 Å². The Morgan fingerprint density at radius 3 is 2.47 bits per heavy atom. The molecule has 0 spiro atoms. The first kappa shape index (κ1) is 24.5. The van der Waals surface area contributed by atoms with Crippen LogP contribution < -0.4 is 9.64 Å². The number of hydrogen-bond donors (Lipinski definition) is 1. The molecule has 1 N–H and O–H groups in total. The number of nitro benzene ring substituents is 1. The number of nitrogens with zero attached hydrogens (tertiary/aromatic N) is 3. The maximum atomic E-state index is 13.2. The van der Waals surface area contributed by atoms with E-state index in [-0.39, 0.29) is 38.1 Å². The summed E-state index contributed by atoms with van der Waals surface area (Å²) in [6.45, 7) is 1.54. The molecule has 184 valence electrons. The highest BCUT2D eigenvalue weighted by Crippen LogP contribution is 2.44. The number of aliphatic hydroxyl groups is 1. The summed E-state index contributed by atoms with van der Waals surface area (Å²) in [6.07, 6.45) is 0. The quantitative estimate of drug-likeness (QED) is 0.131. The summed E-state index contributed by atoms with van der Waals surface area (Å²) >= 11 is 0.831. The van der Waals surface area contributed by atoms with Gasteiger partial charge in [0.15, 0.2) is 5.13 Å². The number of Topliss-reactive ketones (excluding diaryl/α,β-unsaturated/α-hetero) is 1. The Bertz CT molecular complexity index is 1430. The second-order valence-corrected chi connectivity index (χ2v) is 8.63. The van der Waals surface area contributed by atoms with E-state index in [1.54, 1.807) is 19.1 Å². The number of non-ortho nitro benzene ring substituents is 1. The van der Waals surface area contributed by atoms with Crippen molar-refractivity contribution in [3.63, 3.8) is 0 Å². The third kappa shape index (κ3) is 4.18. The molecule has 0 aliphatic carbocycles. The highest BCUT2D eigenvalue weighted by Gasteiger charge is 2.48. The number of carbonyl (C=O) groups is 3. The summed E-state index contributed by atoms with van der Waals surface area (Å²) in [6, 6.07) is 10.3. The van der Waals surface area contributed by atoms with Crippen LogP contribution in [-0.2, 0) is 14.3 Å². The number of carbonyl (C=O) groups excluding carboxylic acids is 3. The molecule has 1 fully saturated rings. The van der Waals surface area contributed by atoms with E-state index in [1.165, 1.54) is 50.6 Å². The number of ketones is 1. The maximum Gasteiger partial charge on any atom is 0.350 e. The van der Waals surface area contributed by atoms with Gasteiger partial charge in [-0.15, -0.1) is 0 Å². The van der Waals surface area contributed by atoms with Gasteiger partial charge in [-0.1, -0.05) is 23.5 Å². The fourth-order valence-electron chi connectivity index (χ4n) is 3.83. The minimum Gasteiger partial charge on any atom is -0.507 e. The number of thiazole rings is 1. The third-order valence-corrected chi connectivity index (χ3v) is 6.70. The molecule has 1 saturated heterocycles. The second kappa shape index (κ2) is 9.58. The van der Waals surface area contributed by atoms with Crippen molar-refractivity contribution >= 4 is 45.6 Å². The topological polar surface area (TPSA) is 149 Å². The Labute approximate surface area is 208 Å². The summed E-state index contributed by atoms with van der Waals surface area (Å²) in [4.78, 5) is 54.9. The SMILES string of the molecule is COC(=O)c1sc(N2C(=O)C(=O)C(=C(O)c3ccc(OC)cc3)[C@H]2c2cccc([N+](=O)[O-])c2)nc1C. The number of nitro groups is 1. The summed E-state index contributed by atoms with van der Waals surface area (Å²) in [5.41, 5.74) is 0.156. The number of esters is 1. The Balaban J connectivity index is 1.95. The first-order valence-corrected chi connectivity index (χ1v) is 11.2. The molecule has 12 heteroatoms. The zero-order valence-electron chi connectivity index (χ0n) is 19.3. The Kier molecular flexibility index (Phi) is 6.53. The molecule has 0 unspecified atom stereocenters. The molecule has 0 radical (unpaired) electrons. The van der Waals surface area contributed by atoms with Crippen molar-refractivity contribution in [2.24, 2.45) is 0 Å². The largest absolute Gasteiger partial charge is 0.507 e. The molecule has 0 bridgehead atoms. The van der Waals surface area contributed by atoms with Crippen molar-refractivity contribution in [3.05, 3.63) is 85.9 Å². The molecule has 0 saturated carbocycles. The minimum absolute atomic E-state index is 0.000266. The van der Waals surface area contributed by atoms with Gasteiger partial charge in [-0.25, -0.2) is 9.78 Å². The van der Waals surface area contributed by atoms with Crippen LogP contribution in [0.5, 0.6) is 5.75 Å². The number of benzene rings is 2. The number of ether oxygens (including phenoxy) is 2. The van der Waals surface area contributed by atoms with Crippen LogP contribution >= 0.6 is 11.3 Å². The van der Waals surface area contributed by atoms with Gasteiger partial charge in [0.1, 0.15) is 16.4 Å². The van der Waals surface area contributed by atoms with E-state index >= 15 is 0 Å². The molecule has 1 atom stereocenters. The van der Waals surface area contributed by atoms with Crippen molar-refractivity contribution in [2.75, 3.05) is 19.1 Å². The third-order valence-electron chi connectivity index (χ3n) is 5.57. The lowest BCUT2D eigenvalue weighted by molar-refractivity contribution is -0.384. The number of hydrogen-bond acceptors (Lipinski definition) is 10. The normalized spacial score (nSPS) is 16.8. The predicted molar refractivity (Wildman–Crippen MR) is 129 cm³/mol. The minimum atomic E-state index is -1.25. The van der Waals surface area contributed by atoms with Crippen LogP contribution in [0.2, 0.25) is 0 Å². The first-order chi connectivity index (χ1) is 17.2. The summed E-state index contributed by atoms with van der Waals surface area (Å²) in [5, 5.41) is 22.6. The van der Waals surface area contributed by atoms with Crippen molar-refractivity contribution in [1.82, 2.24) is 4.98 Å². The van der Waals surface area contributed by atoms with Crippen molar-refractivity contribution in [2.45, 2.75) is 13.0 Å². The molecule has 3 aromatic rings. The fourth-order valence-corrected chi connectivity index (χ4v) is 4.84. The van der Waals surface area contributed by atoms with Crippen molar-refractivity contribution < 1.29 is 33.9 Å². The van der Waals surface area contributed by atoms with Gasteiger partial charge in [0.05, 0.1) is 36.5 Å². The monoisotopic (exact) mass is 509 g/mol. The van der Waals surface area contributed by atoms with Crippen LogP contribution in [0, 0.1) is 17.0 Å². The van der Waals surface area contributed by atoms with Crippen LogP contribution in [0.25, 0.3) is 5.76 Å². The van der Waals surface area contributed by atoms with E-state index in [9.17, 15) is 29.6 Å². The van der Waals surface area contributed by atoms with Crippen molar-refractivity contribution in [1.29, 1.82) is 0 Å². The van der Waals surface area contributed by atoms with Gasteiger partial charge in [0.2, 0.25) is 0 Å². The molecule has 11 nitrogen and oxygen atoms in total. The fraction of sp³-hybridized carbons (Fsp3) is 0.167.